The van der Waals surface area contributed by atoms with E-state index in [0.717, 1.165) is 25.2 Å². The molecule has 0 spiro atoms. The molecule has 3 nitrogen and oxygen atoms in total. The zero-order valence-electron chi connectivity index (χ0n) is 12.6. The van der Waals surface area contributed by atoms with Crippen LogP contribution in [0.25, 0.3) is 0 Å². The molecule has 2 fully saturated rings. The number of nitrogens with zero attached hydrogens (tertiary/aromatic N) is 2. The van der Waals surface area contributed by atoms with E-state index in [0.29, 0.717) is 0 Å². The second-order valence-corrected chi connectivity index (χ2v) is 7.25. The minimum Gasteiger partial charge on any atom is -0.315 e. The highest BCUT2D eigenvalue weighted by Gasteiger charge is 2.33. The Balaban J connectivity index is 1.33. The van der Waals surface area contributed by atoms with Crippen LogP contribution < -0.4 is 5.32 Å². The summed E-state index contributed by atoms with van der Waals surface area (Å²) in [5, 5.41) is 5.77. The monoisotopic (exact) mass is 293 g/mol. The lowest BCUT2D eigenvalue weighted by Gasteiger charge is -2.42. The van der Waals surface area contributed by atoms with Gasteiger partial charge in [-0.1, -0.05) is 6.07 Å². The molecule has 2 atom stereocenters. The van der Waals surface area contributed by atoms with E-state index in [9.17, 15) is 0 Å². The quantitative estimate of drug-likeness (QED) is 0.810. The van der Waals surface area contributed by atoms with Crippen molar-refractivity contribution in [1.82, 2.24) is 15.1 Å². The van der Waals surface area contributed by atoms with Gasteiger partial charge in [-0.15, -0.1) is 11.3 Å². The largest absolute Gasteiger partial charge is 0.315 e. The first-order valence-electron chi connectivity index (χ1n) is 8.04. The highest BCUT2D eigenvalue weighted by Crippen LogP contribution is 2.24. The molecule has 0 aromatic carbocycles. The molecule has 2 aliphatic rings. The molecule has 1 aromatic rings. The van der Waals surface area contributed by atoms with Crippen molar-refractivity contribution < 1.29 is 0 Å². The molecule has 4 heteroatoms. The Morgan fingerprint density at radius 3 is 3.15 bits per heavy atom. The lowest BCUT2D eigenvalue weighted by Crippen LogP contribution is -2.56. The van der Waals surface area contributed by atoms with Gasteiger partial charge in [0.2, 0.25) is 0 Å². The summed E-state index contributed by atoms with van der Waals surface area (Å²) in [5.41, 5.74) is 0. The average molecular weight is 293 g/mol. The minimum absolute atomic E-state index is 0.725. The van der Waals surface area contributed by atoms with Crippen molar-refractivity contribution in [3.8, 4) is 0 Å². The summed E-state index contributed by atoms with van der Waals surface area (Å²) in [5.74, 6) is 0. The van der Waals surface area contributed by atoms with Gasteiger partial charge in [0, 0.05) is 49.7 Å². The fourth-order valence-electron chi connectivity index (χ4n) is 3.57. The number of hydrogen-bond acceptors (Lipinski definition) is 4. The topological polar surface area (TPSA) is 18.5 Å². The van der Waals surface area contributed by atoms with Crippen LogP contribution in [-0.4, -0.2) is 61.2 Å². The molecular weight excluding hydrogens is 266 g/mol. The first kappa shape index (κ1) is 14.5. The highest BCUT2D eigenvalue weighted by molar-refractivity contribution is 7.09. The van der Waals surface area contributed by atoms with Crippen LogP contribution in [0.4, 0.5) is 0 Å². The summed E-state index contributed by atoms with van der Waals surface area (Å²) in [7, 11) is 0. The SMILES string of the molecule is CC1CN2CCCC2CN1CCNCCc1cccs1. The van der Waals surface area contributed by atoms with Crippen LogP contribution in [0.5, 0.6) is 0 Å². The van der Waals surface area contributed by atoms with Gasteiger partial charge in [-0.2, -0.15) is 0 Å². The molecule has 20 heavy (non-hydrogen) atoms. The van der Waals surface area contributed by atoms with Crippen LogP contribution in [-0.2, 0) is 6.42 Å². The van der Waals surface area contributed by atoms with Crippen LogP contribution in [0.3, 0.4) is 0 Å². The van der Waals surface area contributed by atoms with E-state index in [4.69, 9.17) is 0 Å². The third-order valence-corrected chi connectivity index (χ3v) is 5.71. The van der Waals surface area contributed by atoms with E-state index in [1.54, 1.807) is 0 Å². The standard InChI is InChI=1S/C16H27N3S/c1-14-12-19-9-2-4-15(19)13-18(14)10-8-17-7-6-16-5-3-11-20-16/h3,5,11,14-15,17H,2,4,6-10,12-13H2,1H3. The smallest absolute Gasteiger partial charge is 0.0224 e. The van der Waals surface area contributed by atoms with Crippen molar-refractivity contribution in [2.75, 3.05) is 39.3 Å². The summed E-state index contributed by atoms with van der Waals surface area (Å²) >= 11 is 1.86. The second-order valence-electron chi connectivity index (χ2n) is 6.21. The van der Waals surface area contributed by atoms with Crippen molar-refractivity contribution in [1.29, 1.82) is 0 Å². The predicted octanol–water partition coefficient (Wildman–Crippen LogP) is 2.05. The van der Waals surface area contributed by atoms with E-state index >= 15 is 0 Å². The van der Waals surface area contributed by atoms with Gasteiger partial charge in [-0.3, -0.25) is 9.80 Å². The number of hydrogen-bond donors (Lipinski definition) is 1. The Morgan fingerprint density at radius 1 is 1.35 bits per heavy atom. The first-order chi connectivity index (χ1) is 9.83. The van der Waals surface area contributed by atoms with Gasteiger partial charge in [0.1, 0.15) is 0 Å². The number of rotatable bonds is 6. The van der Waals surface area contributed by atoms with Crippen LogP contribution in [0.15, 0.2) is 17.5 Å². The molecule has 0 bridgehead atoms. The van der Waals surface area contributed by atoms with Gasteiger partial charge in [-0.25, -0.2) is 0 Å². The molecular formula is C16H27N3S. The van der Waals surface area contributed by atoms with Gasteiger partial charge < -0.3 is 5.32 Å². The number of fused-ring (bicyclic) bond motifs is 1. The Kier molecular flexibility index (Phi) is 5.10. The number of thiophene rings is 1. The summed E-state index contributed by atoms with van der Waals surface area (Å²) in [6.45, 7) is 9.73. The van der Waals surface area contributed by atoms with E-state index in [-0.39, 0.29) is 0 Å². The van der Waals surface area contributed by atoms with Crippen molar-refractivity contribution in [2.24, 2.45) is 0 Å². The maximum Gasteiger partial charge on any atom is 0.0224 e. The lowest BCUT2D eigenvalue weighted by atomic mass is 10.1. The molecule has 0 radical (unpaired) electrons. The number of piperazine rings is 1. The van der Waals surface area contributed by atoms with Crippen molar-refractivity contribution >= 4 is 11.3 Å². The van der Waals surface area contributed by atoms with E-state index in [1.165, 1.54) is 50.3 Å². The molecule has 0 saturated carbocycles. The highest BCUT2D eigenvalue weighted by atomic mass is 32.1. The van der Waals surface area contributed by atoms with E-state index in [1.807, 2.05) is 11.3 Å². The van der Waals surface area contributed by atoms with Crippen molar-refractivity contribution in [3.63, 3.8) is 0 Å². The zero-order chi connectivity index (χ0) is 13.8. The second kappa shape index (κ2) is 7.03. The Morgan fingerprint density at radius 2 is 2.30 bits per heavy atom. The van der Waals surface area contributed by atoms with E-state index < -0.39 is 0 Å². The molecule has 2 aliphatic heterocycles. The molecule has 2 unspecified atom stereocenters. The fraction of sp³-hybridized carbons (Fsp3) is 0.750. The maximum absolute atomic E-state index is 3.60. The lowest BCUT2D eigenvalue weighted by molar-refractivity contribution is 0.0604. The van der Waals surface area contributed by atoms with Gasteiger partial charge >= 0.3 is 0 Å². The first-order valence-corrected chi connectivity index (χ1v) is 8.92. The van der Waals surface area contributed by atoms with Crippen LogP contribution in [0.2, 0.25) is 0 Å². The van der Waals surface area contributed by atoms with E-state index in [2.05, 4.69) is 39.6 Å². The maximum atomic E-state index is 3.60. The molecule has 1 N–H and O–H groups in total. The van der Waals surface area contributed by atoms with Crippen molar-refractivity contribution in [2.45, 2.75) is 38.3 Å². The molecule has 2 saturated heterocycles. The fourth-order valence-corrected chi connectivity index (χ4v) is 4.28. The third-order valence-electron chi connectivity index (χ3n) is 4.77. The minimum atomic E-state index is 0.725. The van der Waals surface area contributed by atoms with Crippen LogP contribution >= 0.6 is 11.3 Å². The molecule has 1 aromatic heterocycles. The predicted molar refractivity (Wildman–Crippen MR) is 86.5 cm³/mol. The molecule has 3 heterocycles. The van der Waals surface area contributed by atoms with Crippen LogP contribution in [0, 0.1) is 0 Å². The Hall–Kier alpha value is -0.420. The third kappa shape index (κ3) is 3.61. The Labute approximate surface area is 127 Å². The summed E-state index contributed by atoms with van der Waals surface area (Å²) in [6.07, 6.45) is 3.99. The molecule has 0 aliphatic carbocycles. The zero-order valence-corrected chi connectivity index (χ0v) is 13.4. The molecule has 0 amide bonds. The summed E-state index contributed by atoms with van der Waals surface area (Å²) in [6, 6.07) is 5.94. The van der Waals surface area contributed by atoms with Crippen molar-refractivity contribution in [3.05, 3.63) is 22.4 Å². The average Bonchev–Trinajstić information content (AvgIpc) is 3.09. The summed E-state index contributed by atoms with van der Waals surface area (Å²) in [4.78, 5) is 6.88. The van der Waals surface area contributed by atoms with Gasteiger partial charge in [-0.05, 0) is 44.2 Å². The van der Waals surface area contributed by atoms with Gasteiger partial charge in [0.15, 0.2) is 0 Å². The molecule has 112 valence electrons. The Bertz CT molecular complexity index is 392. The summed E-state index contributed by atoms with van der Waals surface area (Å²) < 4.78 is 0. The normalized spacial score (nSPS) is 27.9. The van der Waals surface area contributed by atoms with Gasteiger partial charge in [0.05, 0.1) is 0 Å². The van der Waals surface area contributed by atoms with Crippen LogP contribution in [0.1, 0.15) is 24.6 Å². The molecule has 3 rings (SSSR count). The van der Waals surface area contributed by atoms with Gasteiger partial charge in [0.25, 0.3) is 0 Å². The number of nitrogens with one attached hydrogen (secondary N) is 1.